The van der Waals surface area contributed by atoms with Crippen molar-refractivity contribution in [3.8, 4) is 11.6 Å². The number of rotatable bonds is 2. The second kappa shape index (κ2) is 4.25. The maximum Gasteiger partial charge on any atom is 0.174 e. The van der Waals surface area contributed by atoms with Crippen LogP contribution < -0.4 is 0 Å². The van der Waals surface area contributed by atoms with Crippen molar-refractivity contribution >= 4 is 39.7 Å². The average molecular weight is 278 g/mol. The molecule has 0 aliphatic rings. The highest BCUT2D eigenvalue weighted by molar-refractivity contribution is 7.79. The topological polar surface area (TPSA) is 57.4 Å². The molecular weight excluding hydrogens is 268 g/mol. The van der Waals surface area contributed by atoms with Crippen LogP contribution in [-0.2, 0) is 0 Å². The van der Waals surface area contributed by atoms with E-state index in [1.807, 2.05) is 42.5 Å². The molecule has 20 heavy (non-hydrogen) atoms. The number of H-pyrrole nitrogens is 2. The van der Waals surface area contributed by atoms with E-state index in [1.165, 1.54) is 0 Å². The molecule has 0 unspecified atom stereocenters. The molecule has 5 heteroatoms. The Hall–Kier alpha value is -2.53. The summed E-state index contributed by atoms with van der Waals surface area (Å²) in [6.07, 6.45) is 0. The van der Waals surface area contributed by atoms with Gasteiger partial charge >= 0.3 is 0 Å². The smallest absolute Gasteiger partial charge is 0.174 e. The first-order valence-electron chi connectivity index (χ1n) is 6.24. The fourth-order valence-electron chi connectivity index (χ4n) is 2.33. The van der Waals surface area contributed by atoms with Gasteiger partial charge in [-0.25, -0.2) is 9.97 Å². The van der Waals surface area contributed by atoms with Crippen molar-refractivity contribution in [2.75, 3.05) is 0 Å². The minimum atomic E-state index is 0.723. The summed E-state index contributed by atoms with van der Waals surface area (Å²) in [7, 11) is 0. The zero-order chi connectivity index (χ0) is 13.5. The molecule has 2 heterocycles. The summed E-state index contributed by atoms with van der Waals surface area (Å²) < 4.78 is 0. The first kappa shape index (κ1) is 11.3. The zero-order valence-electron chi connectivity index (χ0n) is 10.4. The number of nitrogens with one attached hydrogen (secondary N) is 2. The van der Waals surface area contributed by atoms with Crippen LogP contribution in [0.25, 0.3) is 33.7 Å². The van der Waals surface area contributed by atoms with Crippen molar-refractivity contribution in [2.24, 2.45) is 0 Å². The van der Waals surface area contributed by atoms with Gasteiger partial charge in [-0.2, -0.15) is 0 Å². The maximum absolute atomic E-state index is 5.02. The Balaban J connectivity index is 1.95. The molecule has 0 saturated carbocycles. The van der Waals surface area contributed by atoms with E-state index in [9.17, 15) is 0 Å². The third-order valence-electron chi connectivity index (χ3n) is 3.28. The van der Waals surface area contributed by atoms with Crippen LogP contribution in [0.1, 0.15) is 5.56 Å². The van der Waals surface area contributed by atoms with E-state index in [2.05, 4.69) is 19.9 Å². The largest absolute Gasteiger partial charge is 0.335 e. The monoisotopic (exact) mass is 278 g/mol. The number of imidazole rings is 2. The lowest BCUT2D eigenvalue weighted by atomic mass is 10.2. The highest BCUT2D eigenvalue weighted by Gasteiger charge is 2.11. The number of benzene rings is 2. The number of thiocarbonyl (C=S) groups is 1. The molecule has 2 aromatic heterocycles. The van der Waals surface area contributed by atoms with Crippen LogP contribution in [0, 0.1) is 0 Å². The van der Waals surface area contributed by atoms with E-state index in [-0.39, 0.29) is 0 Å². The number of fused-ring (bicyclic) bond motifs is 2. The first-order valence-corrected chi connectivity index (χ1v) is 6.71. The molecule has 0 amide bonds. The van der Waals surface area contributed by atoms with Gasteiger partial charge in [0.2, 0.25) is 0 Å². The van der Waals surface area contributed by atoms with Gasteiger partial charge in [-0.05, 0) is 18.2 Å². The predicted octanol–water partition coefficient (Wildman–Crippen LogP) is 3.45. The fourth-order valence-corrected chi connectivity index (χ4v) is 2.52. The Kier molecular flexibility index (Phi) is 2.40. The van der Waals surface area contributed by atoms with Crippen LogP contribution >= 0.6 is 12.2 Å². The maximum atomic E-state index is 5.02. The van der Waals surface area contributed by atoms with E-state index >= 15 is 0 Å². The van der Waals surface area contributed by atoms with E-state index in [1.54, 1.807) is 5.37 Å². The van der Waals surface area contributed by atoms with Gasteiger partial charge in [-0.3, -0.25) is 0 Å². The standard InChI is InChI=1S/C15H10N4S/c20-8-9-4-3-7-12-13(9)19-15(18-12)14-16-10-5-1-2-6-11(10)17-14/h1-8H,(H,16,17)(H,18,19). The summed E-state index contributed by atoms with van der Waals surface area (Å²) in [6.45, 7) is 0. The first-order chi connectivity index (χ1) is 9.85. The van der Waals surface area contributed by atoms with Crippen molar-refractivity contribution in [3.05, 3.63) is 48.0 Å². The SMILES string of the molecule is S=Cc1cccc2[nH]c(-c3nc4ccccc4[nH]3)nc12. The zero-order valence-corrected chi connectivity index (χ0v) is 11.2. The van der Waals surface area contributed by atoms with E-state index < -0.39 is 0 Å². The molecule has 0 bridgehead atoms. The van der Waals surface area contributed by atoms with Crippen molar-refractivity contribution in [1.82, 2.24) is 19.9 Å². The van der Waals surface area contributed by atoms with E-state index in [4.69, 9.17) is 12.2 Å². The van der Waals surface area contributed by atoms with Crippen LogP contribution in [0.15, 0.2) is 42.5 Å². The molecule has 0 radical (unpaired) electrons. The highest BCUT2D eigenvalue weighted by atomic mass is 32.1. The molecule has 2 aromatic carbocycles. The van der Waals surface area contributed by atoms with Gasteiger partial charge < -0.3 is 9.97 Å². The molecule has 96 valence electrons. The van der Waals surface area contributed by atoms with Crippen LogP contribution in [-0.4, -0.2) is 25.3 Å². The Morgan fingerprint density at radius 2 is 1.60 bits per heavy atom. The lowest BCUT2D eigenvalue weighted by Crippen LogP contribution is -1.83. The number of hydrogen-bond donors (Lipinski definition) is 2. The predicted molar refractivity (Wildman–Crippen MR) is 83.9 cm³/mol. The quantitative estimate of drug-likeness (QED) is 0.552. The summed E-state index contributed by atoms with van der Waals surface area (Å²) in [5.74, 6) is 1.46. The Labute approximate surface area is 119 Å². The van der Waals surface area contributed by atoms with E-state index in [0.717, 1.165) is 39.3 Å². The minimum absolute atomic E-state index is 0.723. The van der Waals surface area contributed by atoms with Crippen LogP contribution in [0.4, 0.5) is 0 Å². The van der Waals surface area contributed by atoms with Crippen molar-refractivity contribution in [1.29, 1.82) is 0 Å². The molecule has 2 N–H and O–H groups in total. The number of nitrogens with zero attached hydrogens (tertiary/aromatic N) is 2. The summed E-state index contributed by atoms with van der Waals surface area (Å²) in [4.78, 5) is 15.7. The molecule has 4 rings (SSSR count). The molecular formula is C15H10N4S. The lowest BCUT2D eigenvalue weighted by Gasteiger charge is -1.91. The van der Waals surface area contributed by atoms with E-state index in [0.29, 0.717) is 0 Å². The molecule has 0 fully saturated rings. The highest BCUT2D eigenvalue weighted by Crippen LogP contribution is 2.22. The average Bonchev–Trinajstić information content (AvgIpc) is 3.09. The third-order valence-corrected chi connectivity index (χ3v) is 3.54. The van der Waals surface area contributed by atoms with Gasteiger partial charge in [0, 0.05) is 10.9 Å². The number of para-hydroxylation sites is 3. The second-order valence-electron chi connectivity index (χ2n) is 4.55. The third kappa shape index (κ3) is 1.64. The van der Waals surface area contributed by atoms with Crippen LogP contribution in [0.2, 0.25) is 0 Å². The lowest BCUT2D eigenvalue weighted by molar-refractivity contribution is 1.22. The number of hydrogen-bond acceptors (Lipinski definition) is 3. The molecule has 4 aromatic rings. The van der Waals surface area contributed by atoms with Crippen LogP contribution in [0.3, 0.4) is 0 Å². The number of aromatic nitrogens is 4. The summed E-state index contributed by atoms with van der Waals surface area (Å²) in [6, 6.07) is 13.8. The van der Waals surface area contributed by atoms with Crippen molar-refractivity contribution < 1.29 is 0 Å². The van der Waals surface area contributed by atoms with Gasteiger partial charge in [-0.1, -0.05) is 36.5 Å². The summed E-state index contributed by atoms with van der Waals surface area (Å²) >= 11 is 5.02. The molecule has 0 aliphatic heterocycles. The summed E-state index contributed by atoms with van der Waals surface area (Å²) in [5, 5.41) is 1.64. The molecule has 0 spiro atoms. The van der Waals surface area contributed by atoms with Crippen molar-refractivity contribution in [3.63, 3.8) is 0 Å². The van der Waals surface area contributed by atoms with Crippen molar-refractivity contribution in [2.45, 2.75) is 0 Å². The second-order valence-corrected chi connectivity index (χ2v) is 4.78. The fraction of sp³-hybridized carbons (Fsp3) is 0. The Bertz CT molecular complexity index is 902. The molecule has 4 nitrogen and oxygen atoms in total. The summed E-state index contributed by atoms with van der Waals surface area (Å²) in [5.41, 5.74) is 4.70. The Morgan fingerprint density at radius 3 is 2.45 bits per heavy atom. The molecule has 0 saturated heterocycles. The van der Waals surface area contributed by atoms with Gasteiger partial charge in [0.25, 0.3) is 0 Å². The van der Waals surface area contributed by atoms with Gasteiger partial charge in [0.15, 0.2) is 11.6 Å². The minimum Gasteiger partial charge on any atom is -0.335 e. The van der Waals surface area contributed by atoms with Gasteiger partial charge in [0.05, 0.1) is 22.1 Å². The molecule has 0 aliphatic carbocycles. The normalized spacial score (nSPS) is 11.2. The van der Waals surface area contributed by atoms with Gasteiger partial charge in [0.1, 0.15) is 0 Å². The van der Waals surface area contributed by atoms with Gasteiger partial charge in [-0.15, -0.1) is 0 Å². The molecule has 0 atom stereocenters. The Morgan fingerprint density at radius 1 is 0.850 bits per heavy atom. The van der Waals surface area contributed by atoms with Crippen LogP contribution in [0.5, 0.6) is 0 Å². The number of aromatic amines is 2.